The molecule has 6 heteroatoms. The normalized spacial score (nSPS) is 15.2. The summed E-state index contributed by atoms with van der Waals surface area (Å²) in [6, 6.07) is 13.7. The molecule has 168 valence electrons. The molecule has 0 aliphatic heterocycles. The standard InChI is InChI=1S/C25H34N2O3S/c1-19-16-20(2)25(21(3)17-19)31(29,30)27(15-14-22-10-6-4-7-11-22)18-24(28)26-23-12-8-5-9-13-23/h4,6-7,10-11,16-17,23H,5,8-9,12-15,18H2,1-3H3,(H,26,28). The van der Waals surface area contributed by atoms with Crippen LogP contribution in [0.2, 0.25) is 0 Å². The van der Waals surface area contributed by atoms with Gasteiger partial charge in [0.2, 0.25) is 15.9 Å². The number of sulfonamides is 1. The lowest BCUT2D eigenvalue weighted by Gasteiger charge is -2.27. The van der Waals surface area contributed by atoms with E-state index in [1.807, 2.05) is 63.2 Å². The molecular formula is C25H34N2O3S. The predicted octanol–water partition coefficient (Wildman–Crippen LogP) is 4.29. The van der Waals surface area contributed by atoms with Gasteiger partial charge in [0.1, 0.15) is 0 Å². The molecule has 31 heavy (non-hydrogen) atoms. The molecule has 1 N–H and O–H groups in total. The van der Waals surface area contributed by atoms with E-state index in [0.717, 1.165) is 47.9 Å². The first-order valence-corrected chi connectivity index (χ1v) is 12.6. The van der Waals surface area contributed by atoms with E-state index in [4.69, 9.17) is 0 Å². The molecule has 0 radical (unpaired) electrons. The van der Waals surface area contributed by atoms with Crippen LogP contribution in [0.3, 0.4) is 0 Å². The Morgan fingerprint density at radius 3 is 2.23 bits per heavy atom. The lowest BCUT2D eigenvalue weighted by atomic mass is 9.95. The van der Waals surface area contributed by atoms with E-state index in [1.54, 1.807) is 0 Å². The second-order valence-corrected chi connectivity index (χ2v) is 10.6. The first-order valence-electron chi connectivity index (χ1n) is 11.2. The molecule has 1 fully saturated rings. The number of carbonyl (C=O) groups is 1. The summed E-state index contributed by atoms with van der Waals surface area (Å²) in [4.78, 5) is 13.1. The van der Waals surface area contributed by atoms with E-state index in [0.29, 0.717) is 11.3 Å². The van der Waals surface area contributed by atoms with E-state index in [1.165, 1.54) is 10.7 Å². The van der Waals surface area contributed by atoms with E-state index in [9.17, 15) is 13.2 Å². The van der Waals surface area contributed by atoms with Crippen LogP contribution in [0.1, 0.15) is 54.4 Å². The SMILES string of the molecule is Cc1cc(C)c(S(=O)(=O)N(CCc2ccccc2)CC(=O)NC2CCCCC2)c(C)c1. The second-order valence-electron chi connectivity index (χ2n) is 8.70. The van der Waals surface area contributed by atoms with Crippen LogP contribution >= 0.6 is 0 Å². The molecule has 0 atom stereocenters. The Balaban J connectivity index is 1.84. The van der Waals surface area contributed by atoms with Gasteiger partial charge in [0.05, 0.1) is 11.4 Å². The van der Waals surface area contributed by atoms with Crippen LogP contribution in [0.5, 0.6) is 0 Å². The van der Waals surface area contributed by atoms with Gasteiger partial charge in [0.15, 0.2) is 0 Å². The third-order valence-corrected chi connectivity index (χ3v) is 8.14. The monoisotopic (exact) mass is 442 g/mol. The topological polar surface area (TPSA) is 66.5 Å². The zero-order valence-corrected chi connectivity index (χ0v) is 19.7. The first-order chi connectivity index (χ1) is 14.8. The van der Waals surface area contributed by atoms with Gasteiger partial charge in [0, 0.05) is 12.6 Å². The minimum Gasteiger partial charge on any atom is -0.352 e. The van der Waals surface area contributed by atoms with Crippen LogP contribution in [-0.4, -0.2) is 37.8 Å². The van der Waals surface area contributed by atoms with Crippen molar-refractivity contribution in [2.24, 2.45) is 0 Å². The molecule has 2 aromatic rings. The molecule has 0 bridgehead atoms. The Bertz CT molecular complexity index is 974. The second kappa shape index (κ2) is 10.4. The van der Waals surface area contributed by atoms with Crippen LogP contribution in [0.4, 0.5) is 0 Å². The summed E-state index contributed by atoms with van der Waals surface area (Å²) in [5.41, 5.74) is 3.51. The average molecular weight is 443 g/mol. The summed E-state index contributed by atoms with van der Waals surface area (Å²) in [5, 5.41) is 3.06. The molecule has 1 amide bonds. The summed E-state index contributed by atoms with van der Waals surface area (Å²) in [6.45, 7) is 5.71. The molecule has 0 saturated heterocycles. The number of hydrogen-bond acceptors (Lipinski definition) is 3. The molecule has 1 aliphatic rings. The molecule has 0 unspecified atom stereocenters. The largest absolute Gasteiger partial charge is 0.352 e. The van der Waals surface area contributed by atoms with Crippen LogP contribution < -0.4 is 5.32 Å². The lowest BCUT2D eigenvalue weighted by molar-refractivity contribution is -0.122. The molecule has 0 spiro atoms. The van der Waals surface area contributed by atoms with Gasteiger partial charge in [-0.15, -0.1) is 0 Å². The number of aryl methyl sites for hydroxylation is 3. The Morgan fingerprint density at radius 2 is 1.61 bits per heavy atom. The third kappa shape index (κ3) is 6.17. The molecule has 1 aliphatic carbocycles. The van der Waals surface area contributed by atoms with E-state index < -0.39 is 10.0 Å². The number of benzene rings is 2. The highest BCUT2D eigenvalue weighted by molar-refractivity contribution is 7.89. The van der Waals surface area contributed by atoms with Crippen LogP contribution in [0.15, 0.2) is 47.4 Å². The van der Waals surface area contributed by atoms with Crippen LogP contribution in [-0.2, 0) is 21.2 Å². The van der Waals surface area contributed by atoms with Gasteiger partial charge in [0.25, 0.3) is 0 Å². The van der Waals surface area contributed by atoms with Gasteiger partial charge in [-0.2, -0.15) is 4.31 Å². The van der Waals surface area contributed by atoms with Gasteiger partial charge in [-0.1, -0.05) is 67.3 Å². The van der Waals surface area contributed by atoms with Crippen molar-refractivity contribution in [1.82, 2.24) is 9.62 Å². The summed E-state index contributed by atoms with van der Waals surface area (Å²) >= 11 is 0. The maximum atomic E-state index is 13.7. The first kappa shape index (κ1) is 23.5. The highest BCUT2D eigenvalue weighted by atomic mass is 32.2. The van der Waals surface area contributed by atoms with Gasteiger partial charge in [-0.3, -0.25) is 4.79 Å². The summed E-state index contributed by atoms with van der Waals surface area (Å²) < 4.78 is 28.7. The van der Waals surface area contributed by atoms with Crippen LogP contribution in [0.25, 0.3) is 0 Å². The van der Waals surface area contributed by atoms with Crippen LogP contribution in [0, 0.1) is 20.8 Å². The van der Waals surface area contributed by atoms with Crippen molar-refractivity contribution in [2.45, 2.75) is 70.2 Å². The highest BCUT2D eigenvalue weighted by Gasteiger charge is 2.30. The number of amides is 1. The zero-order valence-electron chi connectivity index (χ0n) is 18.9. The quantitative estimate of drug-likeness (QED) is 0.663. The Labute approximate surface area is 186 Å². The maximum Gasteiger partial charge on any atom is 0.244 e. The number of nitrogens with one attached hydrogen (secondary N) is 1. The number of nitrogens with zero attached hydrogens (tertiary/aromatic N) is 1. The van der Waals surface area contributed by atoms with Gasteiger partial charge < -0.3 is 5.32 Å². The summed E-state index contributed by atoms with van der Waals surface area (Å²) in [7, 11) is -3.81. The fourth-order valence-electron chi connectivity index (χ4n) is 4.57. The van der Waals surface area contributed by atoms with Crippen molar-refractivity contribution in [3.63, 3.8) is 0 Å². The Morgan fingerprint density at radius 1 is 1.00 bits per heavy atom. The van der Waals surface area contributed by atoms with Crippen molar-refractivity contribution in [2.75, 3.05) is 13.1 Å². The fourth-order valence-corrected chi connectivity index (χ4v) is 6.37. The van der Waals surface area contributed by atoms with Gasteiger partial charge in [-0.25, -0.2) is 8.42 Å². The Hall–Kier alpha value is -2.18. The minimum absolute atomic E-state index is 0.154. The zero-order chi connectivity index (χ0) is 22.4. The highest BCUT2D eigenvalue weighted by Crippen LogP contribution is 2.26. The molecule has 0 aromatic heterocycles. The van der Waals surface area contributed by atoms with Gasteiger partial charge >= 0.3 is 0 Å². The van der Waals surface area contributed by atoms with E-state index >= 15 is 0 Å². The molecule has 3 rings (SSSR count). The smallest absolute Gasteiger partial charge is 0.244 e. The van der Waals surface area contributed by atoms with Crippen molar-refractivity contribution < 1.29 is 13.2 Å². The van der Waals surface area contributed by atoms with Gasteiger partial charge in [-0.05, 0) is 56.7 Å². The number of carbonyl (C=O) groups excluding carboxylic acids is 1. The maximum absolute atomic E-state index is 13.7. The molecule has 5 nitrogen and oxygen atoms in total. The number of hydrogen-bond donors (Lipinski definition) is 1. The molecule has 0 heterocycles. The summed E-state index contributed by atoms with van der Waals surface area (Å²) in [5.74, 6) is -0.217. The lowest BCUT2D eigenvalue weighted by Crippen LogP contribution is -2.45. The molecular weight excluding hydrogens is 408 g/mol. The van der Waals surface area contributed by atoms with Crippen molar-refractivity contribution in [3.8, 4) is 0 Å². The molecule has 1 saturated carbocycles. The molecule has 2 aromatic carbocycles. The predicted molar refractivity (Wildman–Crippen MR) is 125 cm³/mol. The third-order valence-electron chi connectivity index (χ3n) is 5.99. The Kier molecular flexibility index (Phi) is 7.89. The van der Waals surface area contributed by atoms with E-state index in [2.05, 4.69) is 5.32 Å². The number of rotatable bonds is 8. The fraction of sp³-hybridized carbons (Fsp3) is 0.480. The minimum atomic E-state index is -3.81. The van der Waals surface area contributed by atoms with Crippen molar-refractivity contribution >= 4 is 15.9 Å². The average Bonchev–Trinajstić information content (AvgIpc) is 2.71. The summed E-state index contributed by atoms with van der Waals surface area (Å²) in [6.07, 6.45) is 5.93. The van der Waals surface area contributed by atoms with E-state index in [-0.39, 0.29) is 25.0 Å². The van der Waals surface area contributed by atoms with Crippen molar-refractivity contribution in [3.05, 3.63) is 64.7 Å². The van der Waals surface area contributed by atoms with Crippen molar-refractivity contribution in [1.29, 1.82) is 0 Å².